The minimum absolute atomic E-state index is 0.155. The molecule has 0 unspecified atom stereocenters. The molecule has 0 aliphatic carbocycles. The Morgan fingerprint density at radius 1 is 1.39 bits per heavy atom. The van der Waals surface area contributed by atoms with Crippen LogP contribution in [0.2, 0.25) is 5.02 Å². The van der Waals surface area contributed by atoms with Crippen molar-refractivity contribution in [3.63, 3.8) is 0 Å². The maximum absolute atomic E-state index is 10.5. The molecule has 0 saturated heterocycles. The molecule has 0 aliphatic heterocycles. The van der Waals surface area contributed by atoms with Gasteiger partial charge in [0.05, 0.1) is 6.61 Å². The van der Waals surface area contributed by atoms with E-state index in [2.05, 4.69) is 4.52 Å². The Morgan fingerprint density at radius 3 is 2.56 bits per heavy atom. The van der Waals surface area contributed by atoms with Gasteiger partial charge in [-0.2, -0.15) is 11.8 Å². The van der Waals surface area contributed by atoms with E-state index in [1.807, 2.05) is 24.3 Å². The zero-order valence-corrected chi connectivity index (χ0v) is 12.0. The molecule has 18 heavy (non-hydrogen) atoms. The van der Waals surface area contributed by atoms with Crippen LogP contribution >= 0.6 is 31.2 Å². The van der Waals surface area contributed by atoms with Crippen molar-refractivity contribution in [1.29, 1.82) is 0 Å². The van der Waals surface area contributed by atoms with Crippen LogP contribution in [0.1, 0.15) is 5.56 Å². The molecule has 5 nitrogen and oxygen atoms in total. The van der Waals surface area contributed by atoms with Crippen LogP contribution < -0.4 is 5.73 Å². The van der Waals surface area contributed by atoms with Crippen LogP contribution in [0.15, 0.2) is 24.3 Å². The number of thioether (sulfide) groups is 1. The molecule has 1 aromatic carbocycles. The maximum atomic E-state index is 10.5. The minimum atomic E-state index is -4.42. The van der Waals surface area contributed by atoms with Gasteiger partial charge in [-0.1, -0.05) is 23.7 Å². The van der Waals surface area contributed by atoms with Crippen molar-refractivity contribution in [3.8, 4) is 0 Å². The van der Waals surface area contributed by atoms with Gasteiger partial charge in [-0.15, -0.1) is 0 Å². The van der Waals surface area contributed by atoms with Crippen LogP contribution in [-0.2, 0) is 14.8 Å². The van der Waals surface area contributed by atoms with Gasteiger partial charge < -0.3 is 15.5 Å². The van der Waals surface area contributed by atoms with Crippen molar-refractivity contribution in [3.05, 3.63) is 34.9 Å². The van der Waals surface area contributed by atoms with E-state index in [9.17, 15) is 4.57 Å². The molecule has 4 N–H and O–H groups in total. The molecule has 0 heterocycles. The van der Waals surface area contributed by atoms with Gasteiger partial charge in [-0.3, -0.25) is 4.52 Å². The maximum Gasteiger partial charge on any atom is 0.469 e. The lowest BCUT2D eigenvalue weighted by atomic mass is 10.2. The molecular weight excluding hydrogens is 297 g/mol. The van der Waals surface area contributed by atoms with E-state index >= 15 is 0 Å². The Labute approximate surface area is 115 Å². The first kappa shape index (κ1) is 16.0. The van der Waals surface area contributed by atoms with E-state index in [1.54, 1.807) is 11.8 Å². The first-order chi connectivity index (χ1) is 8.37. The van der Waals surface area contributed by atoms with Gasteiger partial charge in [0.15, 0.2) is 0 Å². The van der Waals surface area contributed by atoms with Crippen LogP contribution in [0.5, 0.6) is 0 Å². The number of nitrogens with two attached hydrogens (primary N) is 1. The largest absolute Gasteiger partial charge is 0.469 e. The van der Waals surface area contributed by atoms with Gasteiger partial charge in [0.25, 0.3) is 0 Å². The molecule has 0 fully saturated rings. The molecule has 102 valence electrons. The molecule has 0 aromatic heterocycles. The average molecular weight is 312 g/mol. The highest BCUT2D eigenvalue weighted by atomic mass is 35.5. The second-order valence-corrected chi connectivity index (χ2v) is 6.39. The topological polar surface area (TPSA) is 92.8 Å². The summed E-state index contributed by atoms with van der Waals surface area (Å²) in [4.78, 5) is 17.0. The average Bonchev–Trinajstić information content (AvgIpc) is 2.28. The van der Waals surface area contributed by atoms with Gasteiger partial charge in [0, 0.05) is 22.6 Å². The summed E-state index contributed by atoms with van der Waals surface area (Å²) in [5.74, 6) is 1.32. The van der Waals surface area contributed by atoms with E-state index in [-0.39, 0.29) is 6.61 Å². The molecule has 1 rings (SSSR count). The molecule has 0 spiro atoms. The highest BCUT2D eigenvalue weighted by Crippen LogP contribution is 2.35. The molecule has 1 atom stereocenters. The summed E-state index contributed by atoms with van der Waals surface area (Å²) < 4.78 is 14.8. The van der Waals surface area contributed by atoms with Crippen molar-refractivity contribution < 1.29 is 18.9 Å². The van der Waals surface area contributed by atoms with Crippen LogP contribution in [0.4, 0.5) is 0 Å². The van der Waals surface area contributed by atoms with Crippen LogP contribution in [-0.4, -0.2) is 28.2 Å². The third-order valence-corrected chi connectivity index (χ3v) is 3.91. The number of phosphoric acid groups is 1. The fourth-order valence-corrected chi connectivity index (χ4v) is 2.61. The fourth-order valence-electron chi connectivity index (χ4n) is 1.15. The number of hydrogen-bond donors (Lipinski definition) is 3. The van der Waals surface area contributed by atoms with E-state index in [4.69, 9.17) is 27.1 Å². The third-order valence-electron chi connectivity index (χ3n) is 1.97. The number of phosphoric ester groups is 1. The van der Waals surface area contributed by atoms with Gasteiger partial charge in [-0.05, 0) is 17.7 Å². The van der Waals surface area contributed by atoms with Crippen LogP contribution in [0.25, 0.3) is 0 Å². The number of benzene rings is 1. The molecule has 0 amide bonds. The Kier molecular flexibility index (Phi) is 6.66. The van der Waals surface area contributed by atoms with E-state index in [1.165, 1.54) is 0 Å². The zero-order valence-electron chi connectivity index (χ0n) is 9.53. The molecule has 0 bridgehead atoms. The van der Waals surface area contributed by atoms with Crippen molar-refractivity contribution in [2.45, 2.75) is 11.8 Å². The van der Waals surface area contributed by atoms with E-state index in [0.29, 0.717) is 10.8 Å². The van der Waals surface area contributed by atoms with E-state index < -0.39 is 13.9 Å². The van der Waals surface area contributed by atoms with Crippen LogP contribution in [0, 0.1) is 0 Å². The SMILES string of the molecule is N[C@@H](COP(=O)(O)O)CSCc1ccc(Cl)cc1. The zero-order chi connectivity index (χ0) is 13.6. The summed E-state index contributed by atoms with van der Waals surface area (Å²) in [5.41, 5.74) is 6.78. The van der Waals surface area contributed by atoms with E-state index in [0.717, 1.165) is 11.3 Å². The Bertz CT molecular complexity index is 411. The lowest BCUT2D eigenvalue weighted by molar-refractivity contribution is 0.190. The van der Waals surface area contributed by atoms with Crippen molar-refractivity contribution in [1.82, 2.24) is 0 Å². The summed E-state index contributed by atoms with van der Waals surface area (Å²) in [7, 11) is -4.42. The molecule has 1 aromatic rings. The normalized spacial score (nSPS) is 13.6. The minimum Gasteiger partial charge on any atom is -0.325 e. The summed E-state index contributed by atoms with van der Waals surface area (Å²) in [6, 6.07) is 7.07. The molecule has 8 heteroatoms. The summed E-state index contributed by atoms with van der Waals surface area (Å²) >= 11 is 7.33. The predicted molar refractivity (Wildman–Crippen MR) is 73.6 cm³/mol. The van der Waals surface area contributed by atoms with Crippen molar-refractivity contribution >= 4 is 31.2 Å². The first-order valence-electron chi connectivity index (χ1n) is 5.14. The Morgan fingerprint density at radius 2 is 2.00 bits per heavy atom. The van der Waals surface area contributed by atoms with Gasteiger partial charge in [0.1, 0.15) is 0 Å². The standard InChI is InChI=1S/C10H15ClNO4PS/c11-9-3-1-8(2-4-9)6-18-7-10(12)5-16-17(13,14)15/h1-4,10H,5-7,12H2,(H2,13,14,15)/t10-/m0/s1. The van der Waals surface area contributed by atoms with Gasteiger partial charge >= 0.3 is 7.82 Å². The third kappa shape index (κ3) is 7.38. The fraction of sp³-hybridized carbons (Fsp3) is 0.400. The number of hydrogen-bond acceptors (Lipinski definition) is 4. The van der Waals surface area contributed by atoms with Crippen molar-refractivity contribution in [2.75, 3.05) is 12.4 Å². The molecule has 0 saturated carbocycles. The quantitative estimate of drug-likeness (QED) is 0.667. The van der Waals surface area contributed by atoms with Crippen molar-refractivity contribution in [2.24, 2.45) is 5.73 Å². The summed E-state index contributed by atoms with van der Waals surface area (Å²) in [5, 5.41) is 0.690. The highest BCUT2D eigenvalue weighted by molar-refractivity contribution is 7.98. The molecule has 0 radical (unpaired) electrons. The predicted octanol–water partition coefficient (Wildman–Crippen LogP) is 2.01. The highest BCUT2D eigenvalue weighted by Gasteiger charge is 2.15. The monoisotopic (exact) mass is 311 g/mol. The van der Waals surface area contributed by atoms with Gasteiger partial charge in [-0.25, -0.2) is 4.57 Å². The first-order valence-corrected chi connectivity index (χ1v) is 8.21. The number of rotatable bonds is 7. The Hall–Kier alpha value is -0.0700. The molecule has 0 aliphatic rings. The smallest absolute Gasteiger partial charge is 0.325 e. The lowest BCUT2D eigenvalue weighted by Gasteiger charge is -2.12. The summed E-state index contributed by atoms with van der Waals surface area (Å²) in [6.07, 6.45) is 0. The second kappa shape index (κ2) is 7.50. The second-order valence-electron chi connectivity index (χ2n) is 3.69. The summed E-state index contributed by atoms with van der Waals surface area (Å²) in [6.45, 7) is -0.155. The van der Waals surface area contributed by atoms with Gasteiger partial charge in [0.2, 0.25) is 0 Å². The molecular formula is C10H15ClNO4PS. The lowest BCUT2D eigenvalue weighted by Crippen LogP contribution is -2.28. The Balaban J connectivity index is 2.21. The van der Waals surface area contributed by atoms with Crippen LogP contribution in [0.3, 0.4) is 0 Å². The number of halogens is 1.